The number of aromatic nitrogens is 1. The van der Waals surface area contributed by atoms with Crippen LogP contribution in [0.2, 0.25) is 0 Å². The molecule has 0 spiro atoms. The van der Waals surface area contributed by atoms with Crippen LogP contribution in [0.4, 0.5) is 0 Å². The van der Waals surface area contributed by atoms with Gasteiger partial charge in [-0.25, -0.2) is 0 Å². The smallest absolute Gasteiger partial charge is 0.0698 e. The molecule has 114 valence electrons. The molecule has 0 unspecified atom stereocenters. The summed E-state index contributed by atoms with van der Waals surface area (Å²) >= 11 is 0. The van der Waals surface area contributed by atoms with Crippen LogP contribution in [0, 0.1) is 0 Å². The number of hydrogen-bond acceptors (Lipinski definition) is 1. The van der Waals surface area contributed by atoms with Gasteiger partial charge in [0.1, 0.15) is 0 Å². The third kappa shape index (κ3) is 4.85. The molecule has 22 heavy (non-hydrogen) atoms. The second-order valence-corrected chi connectivity index (χ2v) is 4.86. The molecule has 1 heterocycles. The van der Waals surface area contributed by atoms with Gasteiger partial charge < -0.3 is 0 Å². The van der Waals surface area contributed by atoms with Crippen LogP contribution < -0.4 is 0 Å². The van der Waals surface area contributed by atoms with Crippen molar-refractivity contribution < 1.29 is 0 Å². The average Bonchev–Trinajstić information content (AvgIpc) is 2.57. The number of rotatable bonds is 7. The fourth-order valence-corrected chi connectivity index (χ4v) is 2.20. The van der Waals surface area contributed by atoms with Gasteiger partial charge in [-0.05, 0) is 60.8 Å². The highest BCUT2D eigenvalue weighted by molar-refractivity contribution is 5.74. The molecule has 1 heteroatoms. The fourth-order valence-electron chi connectivity index (χ4n) is 2.20. The molecular formula is C21H25N. The molecule has 0 N–H and O–H groups in total. The van der Waals surface area contributed by atoms with Crippen molar-refractivity contribution in [3.63, 3.8) is 0 Å². The van der Waals surface area contributed by atoms with Crippen molar-refractivity contribution in [1.82, 2.24) is 4.98 Å². The summed E-state index contributed by atoms with van der Waals surface area (Å²) in [4.78, 5) is 4.42. The van der Waals surface area contributed by atoms with Crippen molar-refractivity contribution in [2.24, 2.45) is 0 Å². The average molecular weight is 291 g/mol. The van der Waals surface area contributed by atoms with Crippen molar-refractivity contribution in [1.29, 1.82) is 0 Å². The minimum atomic E-state index is 0.968. The van der Waals surface area contributed by atoms with Crippen LogP contribution in [0.5, 0.6) is 0 Å². The summed E-state index contributed by atoms with van der Waals surface area (Å²) in [5, 5.41) is 0. The Morgan fingerprint density at radius 2 is 2.05 bits per heavy atom. The molecular weight excluding hydrogens is 266 g/mol. The lowest BCUT2D eigenvalue weighted by Crippen LogP contribution is -1.91. The zero-order valence-electron chi connectivity index (χ0n) is 13.8. The van der Waals surface area contributed by atoms with E-state index in [4.69, 9.17) is 0 Å². The van der Waals surface area contributed by atoms with Gasteiger partial charge in [-0.2, -0.15) is 0 Å². The minimum Gasteiger partial charge on any atom is -0.256 e. The standard InChI is InChI=1S/C21H25N/c1-6-10-13-18(7-2)17(5)19(8-3)16-20(9-4)21-14-11-12-15-22-21/h6,8-16H,1,3,7H2,2,4-5H3. The van der Waals surface area contributed by atoms with Gasteiger partial charge in [0.15, 0.2) is 0 Å². The predicted molar refractivity (Wildman–Crippen MR) is 98.5 cm³/mol. The van der Waals surface area contributed by atoms with E-state index in [0.717, 1.165) is 23.3 Å². The molecule has 0 amide bonds. The Morgan fingerprint density at radius 3 is 2.55 bits per heavy atom. The summed E-state index contributed by atoms with van der Waals surface area (Å²) in [6.45, 7) is 14.0. The first-order valence-corrected chi connectivity index (χ1v) is 7.59. The van der Waals surface area contributed by atoms with E-state index in [1.54, 1.807) is 6.08 Å². The first kappa shape index (κ1) is 17.6. The van der Waals surface area contributed by atoms with E-state index >= 15 is 0 Å². The monoisotopic (exact) mass is 291 g/mol. The summed E-state index contributed by atoms with van der Waals surface area (Å²) in [7, 11) is 0. The normalized spacial score (nSPS) is 14.0. The largest absolute Gasteiger partial charge is 0.256 e. The molecule has 1 aromatic rings. The predicted octanol–water partition coefficient (Wildman–Crippen LogP) is 6.07. The molecule has 0 aromatic carbocycles. The lowest BCUT2D eigenvalue weighted by Gasteiger charge is -2.10. The quantitative estimate of drug-likeness (QED) is 0.556. The highest BCUT2D eigenvalue weighted by atomic mass is 14.7. The highest BCUT2D eigenvalue weighted by Gasteiger charge is 2.04. The lowest BCUT2D eigenvalue weighted by molar-refractivity contribution is 1.11. The first-order chi connectivity index (χ1) is 10.7. The van der Waals surface area contributed by atoms with Crippen LogP contribution in [-0.2, 0) is 0 Å². The zero-order chi connectivity index (χ0) is 16.4. The van der Waals surface area contributed by atoms with Crippen LogP contribution >= 0.6 is 0 Å². The fraction of sp³-hybridized carbons (Fsp3) is 0.190. The summed E-state index contributed by atoms with van der Waals surface area (Å²) in [6.07, 6.45) is 14.8. The van der Waals surface area contributed by atoms with Gasteiger partial charge >= 0.3 is 0 Å². The molecule has 0 aliphatic rings. The molecule has 0 saturated heterocycles. The summed E-state index contributed by atoms with van der Waals surface area (Å²) < 4.78 is 0. The Morgan fingerprint density at radius 1 is 1.27 bits per heavy atom. The van der Waals surface area contributed by atoms with Crippen LogP contribution in [0.15, 0.2) is 90.7 Å². The lowest BCUT2D eigenvalue weighted by atomic mass is 9.96. The van der Waals surface area contributed by atoms with E-state index in [-0.39, 0.29) is 0 Å². The topological polar surface area (TPSA) is 12.9 Å². The first-order valence-electron chi connectivity index (χ1n) is 7.59. The zero-order valence-corrected chi connectivity index (χ0v) is 13.8. The maximum atomic E-state index is 4.42. The molecule has 0 radical (unpaired) electrons. The summed E-state index contributed by atoms with van der Waals surface area (Å²) in [6, 6.07) is 5.94. The third-order valence-corrected chi connectivity index (χ3v) is 3.53. The second kappa shape index (κ2) is 9.51. The SMILES string of the molecule is C=CC=CC(CC)=C(C)C(C=C)=CC(=CC)c1ccccn1. The van der Waals surface area contributed by atoms with Crippen molar-refractivity contribution >= 4 is 5.57 Å². The van der Waals surface area contributed by atoms with Crippen molar-refractivity contribution in [3.8, 4) is 0 Å². The molecule has 0 fully saturated rings. The Hall–Kier alpha value is -2.41. The molecule has 1 nitrogen and oxygen atoms in total. The molecule has 0 atom stereocenters. The third-order valence-electron chi connectivity index (χ3n) is 3.53. The molecule has 1 aromatic heterocycles. The number of hydrogen-bond donors (Lipinski definition) is 0. The summed E-state index contributed by atoms with van der Waals surface area (Å²) in [5.41, 5.74) is 5.69. The van der Waals surface area contributed by atoms with Gasteiger partial charge in [0.05, 0.1) is 5.69 Å². The Balaban J connectivity index is 3.28. The minimum absolute atomic E-state index is 0.968. The molecule has 0 saturated carbocycles. The Labute approximate surface area is 134 Å². The molecule has 0 aliphatic heterocycles. The van der Waals surface area contributed by atoms with Gasteiger partial charge in [0.25, 0.3) is 0 Å². The maximum absolute atomic E-state index is 4.42. The van der Waals surface area contributed by atoms with E-state index in [0.29, 0.717) is 0 Å². The highest BCUT2D eigenvalue weighted by Crippen LogP contribution is 2.23. The summed E-state index contributed by atoms with van der Waals surface area (Å²) in [5.74, 6) is 0. The van der Waals surface area contributed by atoms with Crippen molar-refractivity contribution in [2.75, 3.05) is 0 Å². The van der Waals surface area contributed by atoms with Crippen molar-refractivity contribution in [2.45, 2.75) is 27.2 Å². The number of nitrogens with zero attached hydrogens (tertiary/aromatic N) is 1. The van der Waals surface area contributed by atoms with E-state index in [1.165, 1.54) is 11.1 Å². The number of allylic oxidation sites excluding steroid dienone is 10. The molecule has 0 bridgehead atoms. The second-order valence-electron chi connectivity index (χ2n) is 4.86. The molecule has 1 rings (SSSR count). The Bertz CT molecular complexity index is 625. The van der Waals surface area contributed by atoms with Crippen LogP contribution in [0.3, 0.4) is 0 Å². The molecule has 0 aliphatic carbocycles. The Kier molecular flexibility index (Phi) is 7.63. The van der Waals surface area contributed by atoms with Gasteiger partial charge in [-0.15, -0.1) is 0 Å². The van der Waals surface area contributed by atoms with Crippen LogP contribution in [-0.4, -0.2) is 4.98 Å². The van der Waals surface area contributed by atoms with Crippen LogP contribution in [0.1, 0.15) is 32.9 Å². The van der Waals surface area contributed by atoms with Crippen molar-refractivity contribution in [3.05, 3.63) is 96.4 Å². The van der Waals surface area contributed by atoms with Crippen LogP contribution in [0.25, 0.3) is 5.57 Å². The van der Waals surface area contributed by atoms with Gasteiger partial charge in [-0.3, -0.25) is 4.98 Å². The van der Waals surface area contributed by atoms with Gasteiger partial charge in [-0.1, -0.05) is 56.5 Å². The number of pyridine rings is 1. The van der Waals surface area contributed by atoms with E-state index in [2.05, 4.69) is 50.2 Å². The van der Waals surface area contributed by atoms with Gasteiger partial charge in [0, 0.05) is 6.20 Å². The van der Waals surface area contributed by atoms with E-state index < -0.39 is 0 Å². The van der Waals surface area contributed by atoms with E-state index in [1.807, 2.05) is 43.5 Å². The van der Waals surface area contributed by atoms with E-state index in [9.17, 15) is 0 Å². The maximum Gasteiger partial charge on any atom is 0.0698 e. The van der Waals surface area contributed by atoms with Gasteiger partial charge in [0.2, 0.25) is 0 Å².